The van der Waals surface area contributed by atoms with Crippen molar-refractivity contribution in [1.82, 2.24) is 4.98 Å². The molecule has 0 radical (unpaired) electrons. The van der Waals surface area contributed by atoms with E-state index in [4.69, 9.17) is 14.5 Å². The third kappa shape index (κ3) is 3.50. The minimum Gasteiger partial charge on any atom is -0.454 e. The lowest BCUT2D eigenvalue weighted by molar-refractivity contribution is -0.914. The van der Waals surface area contributed by atoms with Gasteiger partial charge in [0.1, 0.15) is 6.54 Å². The second kappa shape index (κ2) is 7.21. The number of rotatable bonds is 4. The molecule has 0 aliphatic carbocycles. The molecule has 6 heteroatoms. The van der Waals surface area contributed by atoms with Crippen molar-refractivity contribution in [3.8, 4) is 22.8 Å². The highest BCUT2D eigenvalue weighted by Crippen LogP contribution is 2.32. The molecule has 138 valence electrons. The van der Waals surface area contributed by atoms with E-state index in [0.29, 0.717) is 6.79 Å². The average Bonchev–Trinajstić information content (AvgIpc) is 3.39. The minimum atomic E-state index is 0.336. The van der Waals surface area contributed by atoms with Crippen LogP contribution in [-0.2, 0) is 6.54 Å². The van der Waals surface area contributed by atoms with E-state index in [1.54, 1.807) is 16.2 Å². The summed E-state index contributed by atoms with van der Waals surface area (Å²) in [6, 6.07) is 16.7. The number of quaternary nitrogens is 1. The van der Waals surface area contributed by atoms with Gasteiger partial charge in [-0.3, -0.25) is 0 Å². The summed E-state index contributed by atoms with van der Waals surface area (Å²) in [7, 11) is 0. The molecule has 1 fully saturated rings. The first-order valence-electron chi connectivity index (χ1n) is 9.33. The third-order valence-corrected chi connectivity index (χ3v) is 6.10. The standard InChI is InChI=1S/C21H21N3O2S/c1-2-4-17(5-3-1)18-14-27-21(22-18)24-10-8-23(9-11-24)13-16-6-7-19-20(12-16)26-15-25-19/h1-7,12,14H,8-11,13,15H2/p+1. The second-order valence-electron chi connectivity index (χ2n) is 6.98. The molecule has 27 heavy (non-hydrogen) atoms. The summed E-state index contributed by atoms with van der Waals surface area (Å²) in [5, 5.41) is 3.30. The van der Waals surface area contributed by atoms with E-state index in [9.17, 15) is 0 Å². The zero-order valence-electron chi connectivity index (χ0n) is 15.1. The number of piperazine rings is 1. The van der Waals surface area contributed by atoms with E-state index in [-0.39, 0.29) is 0 Å². The molecule has 0 saturated carbocycles. The smallest absolute Gasteiger partial charge is 0.231 e. The lowest BCUT2D eigenvalue weighted by Crippen LogP contribution is -3.13. The molecule has 5 rings (SSSR count). The van der Waals surface area contributed by atoms with Crippen LogP contribution in [0.4, 0.5) is 5.13 Å². The molecule has 1 N–H and O–H groups in total. The second-order valence-corrected chi connectivity index (χ2v) is 7.82. The maximum absolute atomic E-state index is 5.50. The van der Waals surface area contributed by atoms with Gasteiger partial charge in [0.05, 0.1) is 31.9 Å². The molecule has 0 spiro atoms. The Kier molecular flexibility index (Phi) is 4.43. The Morgan fingerprint density at radius 3 is 2.67 bits per heavy atom. The summed E-state index contributed by atoms with van der Waals surface area (Å²) >= 11 is 1.74. The predicted molar refractivity (Wildman–Crippen MR) is 107 cm³/mol. The van der Waals surface area contributed by atoms with E-state index in [1.165, 1.54) is 11.1 Å². The molecule has 0 amide bonds. The molecule has 2 aromatic carbocycles. The van der Waals surface area contributed by atoms with Gasteiger partial charge in [-0.05, 0) is 18.2 Å². The predicted octanol–water partition coefficient (Wildman–Crippen LogP) is 2.44. The molecule has 0 bridgehead atoms. The number of thiazole rings is 1. The van der Waals surface area contributed by atoms with Gasteiger partial charge in [-0.25, -0.2) is 4.98 Å². The Bertz CT molecular complexity index is 920. The van der Waals surface area contributed by atoms with E-state index in [0.717, 1.165) is 55.0 Å². The van der Waals surface area contributed by atoms with Gasteiger partial charge in [0.25, 0.3) is 0 Å². The molecule has 1 saturated heterocycles. The van der Waals surface area contributed by atoms with Gasteiger partial charge in [0, 0.05) is 16.5 Å². The molecule has 3 heterocycles. The van der Waals surface area contributed by atoms with Gasteiger partial charge in [0.2, 0.25) is 6.79 Å². The lowest BCUT2D eigenvalue weighted by Gasteiger charge is -2.32. The number of benzene rings is 2. The summed E-state index contributed by atoms with van der Waals surface area (Å²) in [5.74, 6) is 1.73. The maximum atomic E-state index is 5.50. The van der Waals surface area contributed by atoms with Crippen LogP contribution in [0.5, 0.6) is 11.5 Å². The molecule has 0 atom stereocenters. The van der Waals surface area contributed by atoms with Gasteiger partial charge in [0.15, 0.2) is 16.6 Å². The first-order valence-corrected chi connectivity index (χ1v) is 10.2. The van der Waals surface area contributed by atoms with E-state index < -0.39 is 0 Å². The van der Waals surface area contributed by atoms with Crippen molar-refractivity contribution >= 4 is 16.5 Å². The van der Waals surface area contributed by atoms with Crippen LogP contribution in [0, 0.1) is 0 Å². The van der Waals surface area contributed by atoms with Crippen molar-refractivity contribution in [1.29, 1.82) is 0 Å². The van der Waals surface area contributed by atoms with Crippen molar-refractivity contribution in [3.63, 3.8) is 0 Å². The molecule has 5 nitrogen and oxygen atoms in total. The van der Waals surface area contributed by atoms with E-state index in [2.05, 4.69) is 46.7 Å². The number of hydrogen-bond donors (Lipinski definition) is 1. The number of nitrogens with one attached hydrogen (secondary N) is 1. The van der Waals surface area contributed by atoms with Gasteiger partial charge >= 0.3 is 0 Å². The van der Waals surface area contributed by atoms with Crippen molar-refractivity contribution in [3.05, 3.63) is 59.5 Å². The van der Waals surface area contributed by atoms with Crippen molar-refractivity contribution < 1.29 is 14.4 Å². The zero-order valence-corrected chi connectivity index (χ0v) is 15.9. The van der Waals surface area contributed by atoms with Gasteiger partial charge in [-0.1, -0.05) is 30.3 Å². The van der Waals surface area contributed by atoms with Gasteiger partial charge in [-0.15, -0.1) is 11.3 Å². The van der Waals surface area contributed by atoms with Crippen LogP contribution in [0.25, 0.3) is 11.3 Å². The fourth-order valence-electron chi connectivity index (χ4n) is 3.68. The number of ether oxygens (including phenoxy) is 2. The molecular weight excluding hydrogens is 358 g/mol. The van der Waals surface area contributed by atoms with Crippen molar-refractivity contribution in [2.45, 2.75) is 6.54 Å². The Hall–Kier alpha value is -2.57. The zero-order chi connectivity index (χ0) is 18.1. The number of anilines is 1. The third-order valence-electron chi connectivity index (χ3n) is 5.19. The Balaban J connectivity index is 1.20. The quantitative estimate of drug-likeness (QED) is 0.755. The lowest BCUT2D eigenvalue weighted by atomic mass is 10.1. The van der Waals surface area contributed by atoms with Crippen molar-refractivity contribution in [2.75, 3.05) is 37.9 Å². The fraction of sp³-hybridized carbons (Fsp3) is 0.286. The maximum Gasteiger partial charge on any atom is 0.231 e. The number of nitrogens with zero attached hydrogens (tertiary/aromatic N) is 2. The van der Waals surface area contributed by atoms with Crippen molar-refractivity contribution in [2.24, 2.45) is 0 Å². The van der Waals surface area contributed by atoms with Crippen LogP contribution in [0.2, 0.25) is 0 Å². The van der Waals surface area contributed by atoms with E-state index >= 15 is 0 Å². The fourth-order valence-corrected chi connectivity index (χ4v) is 4.57. The molecule has 3 aromatic rings. The molecule has 2 aliphatic rings. The topological polar surface area (TPSA) is 39.0 Å². The summed E-state index contributed by atoms with van der Waals surface area (Å²) < 4.78 is 10.9. The highest BCUT2D eigenvalue weighted by molar-refractivity contribution is 7.14. The van der Waals surface area contributed by atoms with Crippen LogP contribution < -0.4 is 19.3 Å². The number of hydrogen-bond acceptors (Lipinski definition) is 5. The Morgan fingerprint density at radius 2 is 1.81 bits per heavy atom. The van der Waals surface area contributed by atoms with Crippen LogP contribution >= 0.6 is 11.3 Å². The first kappa shape index (κ1) is 16.6. The first-order chi connectivity index (χ1) is 13.3. The van der Waals surface area contributed by atoms with Crippen LogP contribution in [0.1, 0.15) is 5.56 Å². The minimum absolute atomic E-state index is 0.336. The Morgan fingerprint density at radius 1 is 1.00 bits per heavy atom. The van der Waals surface area contributed by atoms with Crippen LogP contribution in [-0.4, -0.2) is 38.0 Å². The van der Waals surface area contributed by atoms with E-state index in [1.807, 2.05) is 12.1 Å². The van der Waals surface area contributed by atoms with Crippen LogP contribution in [0.3, 0.4) is 0 Å². The van der Waals surface area contributed by atoms with Gasteiger partial charge < -0.3 is 19.3 Å². The summed E-state index contributed by atoms with van der Waals surface area (Å²) in [5.41, 5.74) is 3.57. The van der Waals surface area contributed by atoms with Crippen LogP contribution in [0.15, 0.2) is 53.9 Å². The van der Waals surface area contributed by atoms with Gasteiger partial charge in [-0.2, -0.15) is 0 Å². The molecule has 2 aliphatic heterocycles. The largest absolute Gasteiger partial charge is 0.454 e. The SMILES string of the molecule is c1ccc(-c2csc(N3CC[NH+](Cc4ccc5c(c4)OCO5)CC3)n2)cc1. The molecule has 1 aromatic heterocycles. The summed E-state index contributed by atoms with van der Waals surface area (Å²) in [4.78, 5) is 8.88. The molecular formula is C21H22N3O2S+. The normalized spacial score (nSPS) is 16.7. The monoisotopic (exact) mass is 380 g/mol. The highest BCUT2D eigenvalue weighted by atomic mass is 32.1. The summed E-state index contributed by atoms with van der Waals surface area (Å²) in [6.45, 7) is 5.69. The average molecular weight is 380 g/mol. The summed E-state index contributed by atoms with van der Waals surface area (Å²) in [6.07, 6.45) is 0. The Labute approximate surface area is 162 Å². The number of fused-ring (bicyclic) bond motifs is 1. The highest BCUT2D eigenvalue weighted by Gasteiger charge is 2.23. The number of aromatic nitrogens is 1. The molecule has 0 unspecified atom stereocenters.